The van der Waals surface area contributed by atoms with E-state index in [2.05, 4.69) is 24.5 Å². The Bertz CT molecular complexity index is 1080. The molecule has 1 aromatic heterocycles. The van der Waals surface area contributed by atoms with Gasteiger partial charge in [0, 0.05) is 17.7 Å². The molecule has 142 valence electrons. The molecular weight excluding hydrogens is 350 g/mol. The fourth-order valence-electron chi connectivity index (χ4n) is 4.46. The maximum absolute atomic E-state index is 12.9. The lowest BCUT2D eigenvalue weighted by atomic mass is 9.76. The van der Waals surface area contributed by atoms with Gasteiger partial charge in [0.05, 0.1) is 18.5 Å². The number of benzene rings is 2. The van der Waals surface area contributed by atoms with E-state index in [1.54, 1.807) is 7.11 Å². The summed E-state index contributed by atoms with van der Waals surface area (Å²) in [6.07, 6.45) is 1.19. The minimum absolute atomic E-state index is 0.0396. The van der Waals surface area contributed by atoms with E-state index < -0.39 is 0 Å². The first-order chi connectivity index (χ1) is 13.5. The first-order valence-corrected chi connectivity index (χ1v) is 9.64. The molecule has 0 radical (unpaired) electrons. The summed E-state index contributed by atoms with van der Waals surface area (Å²) in [6.45, 7) is 4.33. The molecule has 0 amide bonds. The quantitative estimate of drug-likeness (QED) is 0.626. The number of Topliss-reactive ketones (excluding diaryl/α,β-unsaturated/α-hetero) is 1. The second-order valence-electron chi connectivity index (χ2n) is 8.44. The molecule has 0 spiro atoms. The summed E-state index contributed by atoms with van der Waals surface area (Å²) < 4.78 is 14.0. The van der Waals surface area contributed by atoms with Crippen LogP contribution in [-0.2, 0) is 6.42 Å². The van der Waals surface area contributed by atoms with Crippen molar-refractivity contribution in [3.63, 3.8) is 0 Å². The van der Waals surface area contributed by atoms with Crippen molar-refractivity contribution in [1.82, 2.24) is 4.57 Å². The molecular formula is C24H23NO3. The standard InChI is InChI=1S/C24H23NO3/c1-24(2)13-20-17(21(26)14-24)12-19-23(15-8-10-16(27-3)11-9-15)28-22-7-5-4-6-18(22)25(19)20/h4-12,23H,13-14H2,1-3H3. The van der Waals surface area contributed by atoms with Gasteiger partial charge in [-0.05, 0) is 47.7 Å². The Kier molecular flexibility index (Phi) is 3.66. The lowest BCUT2D eigenvalue weighted by molar-refractivity contribution is 0.0911. The van der Waals surface area contributed by atoms with Crippen LogP contribution in [0.1, 0.15) is 53.7 Å². The molecule has 2 heterocycles. The van der Waals surface area contributed by atoms with Crippen LogP contribution in [0.4, 0.5) is 0 Å². The number of para-hydroxylation sites is 2. The van der Waals surface area contributed by atoms with Gasteiger partial charge in [0.15, 0.2) is 11.9 Å². The van der Waals surface area contributed by atoms with E-state index in [9.17, 15) is 4.79 Å². The molecule has 4 nitrogen and oxygen atoms in total. The summed E-state index contributed by atoms with van der Waals surface area (Å²) in [5.74, 6) is 1.87. The number of nitrogens with zero attached hydrogens (tertiary/aromatic N) is 1. The van der Waals surface area contributed by atoms with Gasteiger partial charge >= 0.3 is 0 Å². The Labute approximate surface area is 164 Å². The topological polar surface area (TPSA) is 40.5 Å². The molecule has 0 N–H and O–H groups in total. The molecule has 2 aliphatic rings. The van der Waals surface area contributed by atoms with E-state index in [4.69, 9.17) is 9.47 Å². The molecule has 0 saturated heterocycles. The molecule has 5 rings (SSSR count). The number of aromatic nitrogens is 1. The maximum atomic E-state index is 12.9. The van der Waals surface area contributed by atoms with Crippen molar-refractivity contribution >= 4 is 5.78 Å². The van der Waals surface area contributed by atoms with Gasteiger partial charge < -0.3 is 14.0 Å². The monoisotopic (exact) mass is 373 g/mol. The van der Waals surface area contributed by atoms with Gasteiger partial charge in [-0.2, -0.15) is 0 Å². The largest absolute Gasteiger partial charge is 0.497 e. The van der Waals surface area contributed by atoms with Gasteiger partial charge in [-0.1, -0.05) is 38.1 Å². The second kappa shape index (κ2) is 5.99. The normalized spacial score (nSPS) is 19.2. The highest BCUT2D eigenvalue weighted by Crippen LogP contribution is 2.45. The van der Waals surface area contributed by atoms with Crippen molar-refractivity contribution in [2.75, 3.05) is 7.11 Å². The van der Waals surface area contributed by atoms with Crippen LogP contribution in [0.3, 0.4) is 0 Å². The Morgan fingerprint density at radius 2 is 1.82 bits per heavy atom. The fourth-order valence-corrected chi connectivity index (χ4v) is 4.46. The van der Waals surface area contributed by atoms with E-state index in [1.165, 1.54) is 0 Å². The number of fused-ring (bicyclic) bond motifs is 5. The second-order valence-corrected chi connectivity index (χ2v) is 8.44. The SMILES string of the molecule is COc1ccc(C2Oc3ccccc3-n3c2cc2c3CC(C)(C)CC2=O)cc1. The van der Waals surface area contributed by atoms with Gasteiger partial charge in [-0.15, -0.1) is 0 Å². The summed E-state index contributed by atoms with van der Waals surface area (Å²) in [7, 11) is 1.66. The van der Waals surface area contributed by atoms with E-state index in [1.807, 2.05) is 48.5 Å². The van der Waals surface area contributed by atoms with Gasteiger partial charge in [0.1, 0.15) is 11.5 Å². The maximum Gasteiger partial charge on any atom is 0.165 e. The summed E-state index contributed by atoms with van der Waals surface area (Å²) >= 11 is 0. The number of ketones is 1. The third-order valence-electron chi connectivity index (χ3n) is 5.75. The predicted octanol–water partition coefficient (Wildman–Crippen LogP) is 5.12. The summed E-state index contributed by atoms with van der Waals surface area (Å²) in [4.78, 5) is 12.9. The average Bonchev–Trinajstić information content (AvgIpc) is 3.06. The number of hydrogen-bond donors (Lipinski definition) is 0. The first-order valence-electron chi connectivity index (χ1n) is 9.64. The number of carbonyl (C=O) groups excluding carboxylic acids is 1. The third-order valence-corrected chi connectivity index (χ3v) is 5.75. The Balaban J connectivity index is 1.72. The minimum atomic E-state index is -0.262. The number of ether oxygens (including phenoxy) is 2. The average molecular weight is 373 g/mol. The highest BCUT2D eigenvalue weighted by atomic mass is 16.5. The van der Waals surface area contributed by atoms with Crippen LogP contribution in [0.2, 0.25) is 0 Å². The molecule has 1 unspecified atom stereocenters. The Hall–Kier alpha value is -3.01. The molecule has 2 aromatic carbocycles. The third kappa shape index (κ3) is 2.55. The van der Waals surface area contributed by atoms with Crippen LogP contribution in [-0.4, -0.2) is 17.5 Å². The lowest BCUT2D eigenvalue weighted by Crippen LogP contribution is -2.28. The van der Waals surface area contributed by atoms with Gasteiger partial charge in [-0.25, -0.2) is 0 Å². The molecule has 28 heavy (non-hydrogen) atoms. The first kappa shape index (κ1) is 17.1. The molecule has 0 fully saturated rings. The predicted molar refractivity (Wildman–Crippen MR) is 108 cm³/mol. The van der Waals surface area contributed by atoms with Crippen molar-refractivity contribution in [2.24, 2.45) is 5.41 Å². The molecule has 4 heteroatoms. The number of rotatable bonds is 2. The zero-order valence-electron chi connectivity index (χ0n) is 16.4. The van der Waals surface area contributed by atoms with Crippen LogP contribution >= 0.6 is 0 Å². The Morgan fingerprint density at radius 3 is 2.57 bits per heavy atom. The van der Waals surface area contributed by atoms with E-state index in [0.29, 0.717) is 6.42 Å². The Morgan fingerprint density at radius 1 is 1.07 bits per heavy atom. The van der Waals surface area contributed by atoms with E-state index in [-0.39, 0.29) is 17.3 Å². The zero-order chi connectivity index (χ0) is 19.5. The van der Waals surface area contributed by atoms with Crippen LogP contribution in [0.5, 0.6) is 11.5 Å². The van der Waals surface area contributed by atoms with Crippen LogP contribution in [0, 0.1) is 5.41 Å². The van der Waals surface area contributed by atoms with Gasteiger partial charge in [0.25, 0.3) is 0 Å². The highest BCUT2D eigenvalue weighted by Gasteiger charge is 2.38. The van der Waals surface area contributed by atoms with Gasteiger partial charge in [0.2, 0.25) is 0 Å². The minimum Gasteiger partial charge on any atom is -0.497 e. The smallest absolute Gasteiger partial charge is 0.165 e. The van der Waals surface area contributed by atoms with Crippen molar-refractivity contribution < 1.29 is 14.3 Å². The lowest BCUT2D eigenvalue weighted by Gasteiger charge is -2.33. The number of carbonyl (C=O) groups is 1. The van der Waals surface area contributed by atoms with Crippen molar-refractivity contribution in [3.05, 3.63) is 77.1 Å². The highest BCUT2D eigenvalue weighted by molar-refractivity contribution is 5.99. The van der Waals surface area contributed by atoms with Crippen LogP contribution < -0.4 is 9.47 Å². The van der Waals surface area contributed by atoms with Crippen molar-refractivity contribution in [2.45, 2.75) is 32.8 Å². The molecule has 0 saturated carbocycles. The fraction of sp³-hybridized carbons (Fsp3) is 0.292. The molecule has 1 atom stereocenters. The number of methoxy groups -OCH3 is 1. The van der Waals surface area contributed by atoms with E-state index in [0.717, 1.165) is 46.1 Å². The number of hydrogen-bond acceptors (Lipinski definition) is 3. The van der Waals surface area contributed by atoms with Crippen molar-refractivity contribution in [1.29, 1.82) is 0 Å². The van der Waals surface area contributed by atoms with Crippen LogP contribution in [0.25, 0.3) is 5.69 Å². The molecule has 1 aliphatic carbocycles. The summed E-state index contributed by atoms with van der Waals surface area (Å²) in [6, 6.07) is 18.0. The summed E-state index contributed by atoms with van der Waals surface area (Å²) in [5, 5.41) is 0. The van der Waals surface area contributed by atoms with Crippen LogP contribution in [0.15, 0.2) is 54.6 Å². The molecule has 1 aliphatic heterocycles. The molecule has 3 aromatic rings. The van der Waals surface area contributed by atoms with Gasteiger partial charge in [-0.3, -0.25) is 4.79 Å². The molecule has 0 bridgehead atoms. The van der Waals surface area contributed by atoms with E-state index >= 15 is 0 Å². The van der Waals surface area contributed by atoms with Crippen molar-refractivity contribution in [3.8, 4) is 17.2 Å². The zero-order valence-corrected chi connectivity index (χ0v) is 16.4. The summed E-state index contributed by atoms with van der Waals surface area (Å²) in [5.41, 5.74) is 4.97.